The molecule has 70 heavy (non-hydrogen) atoms. The zero-order valence-corrected chi connectivity index (χ0v) is 48.6. The SMILES string of the molecule is Cc1ccc(C(=O)PC(=O)c2ccc(C)c(C)c2C)c(C)c1C.Cc1ccc(C(=O)PC(=O)c2ccc(C)c(C)c2C)c(C)c1C.Cc1ccc(C(=O)PC(=O)c2ccc(C)c(C)c2C)c(C)c1C.[Al+3]. The molecule has 6 nitrogen and oxygen atoms in total. The first-order valence-corrected chi connectivity index (χ1v) is 26.2. The molecule has 0 saturated heterocycles. The van der Waals surface area contributed by atoms with Crippen molar-refractivity contribution in [3.63, 3.8) is 0 Å². The van der Waals surface area contributed by atoms with E-state index in [1.54, 1.807) is 0 Å². The van der Waals surface area contributed by atoms with Crippen molar-refractivity contribution in [1.29, 1.82) is 0 Å². The van der Waals surface area contributed by atoms with Crippen molar-refractivity contribution in [3.8, 4) is 0 Å². The maximum absolute atomic E-state index is 12.6. The first kappa shape index (κ1) is 59.5. The third kappa shape index (κ3) is 13.8. The van der Waals surface area contributed by atoms with Crippen molar-refractivity contribution in [2.45, 2.75) is 125 Å². The molecular formula is C60H69AlO6P3+3. The fourth-order valence-electron chi connectivity index (χ4n) is 7.93. The Kier molecular flexibility index (Phi) is 21.7. The van der Waals surface area contributed by atoms with E-state index in [1.165, 1.54) is 33.4 Å². The van der Waals surface area contributed by atoms with E-state index in [0.717, 1.165) is 66.8 Å². The summed E-state index contributed by atoms with van der Waals surface area (Å²) >= 11 is 0. The molecule has 0 saturated carbocycles. The second-order valence-corrected chi connectivity index (χ2v) is 21.9. The molecule has 6 rings (SSSR count). The van der Waals surface area contributed by atoms with Crippen LogP contribution in [0.1, 0.15) is 162 Å². The van der Waals surface area contributed by atoms with Gasteiger partial charge in [-0.3, -0.25) is 28.8 Å². The Morgan fingerprint density at radius 2 is 0.329 bits per heavy atom. The van der Waals surface area contributed by atoms with Crippen LogP contribution >= 0.6 is 25.7 Å². The molecule has 360 valence electrons. The molecule has 0 aliphatic rings. The molecule has 0 aliphatic carbocycles. The summed E-state index contributed by atoms with van der Waals surface area (Å²) in [6.45, 7) is 36.0. The number of carbonyl (C=O) groups is 6. The van der Waals surface area contributed by atoms with E-state index in [1.807, 2.05) is 197 Å². The summed E-state index contributed by atoms with van der Waals surface area (Å²) in [5, 5.41) is 0. The van der Waals surface area contributed by atoms with Crippen LogP contribution in [-0.4, -0.2) is 50.5 Å². The van der Waals surface area contributed by atoms with Gasteiger partial charge in [-0.1, -0.05) is 72.8 Å². The van der Waals surface area contributed by atoms with Crippen molar-refractivity contribution >= 4 is 76.2 Å². The van der Waals surface area contributed by atoms with Gasteiger partial charge in [0.05, 0.1) is 0 Å². The molecule has 6 aromatic carbocycles. The smallest absolute Gasteiger partial charge is 0.289 e. The molecule has 0 radical (unpaired) electrons. The van der Waals surface area contributed by atoms with Crippen LogP contribution in [0.5, 0.6) is 0 Å². The van der Waals surface area contributed by atoms with Crippen LogP contribution in [0.2, 0.25) is 0 Å². The first-order chi connectivity index (χ1) is 32.2. The Balaban J connectivity index is 0.000000276. The summed E-state index contributed by atoms with van der Waals surface area (Å²) in [5.74, 6) is 0. The van der Waals surface area contributed by atoms with Gasteiger partial charge in [-0.15, -0.1) is 0 Å². The van der Waals surface area contributed by atoms with Crippen LogP contribution in [0.3, 0.4) is 0 Å². The van der Waals surface area contributed by atoms with Gasteiger partial charge >= 0.3 is 17.4 Å². The minimum atomic E-state index is -0.364. The molecule has 0 amide bonds. The number of hydrogen-bond donors (Lipinski definition) is 0. The number of benzene rings is 6. The molecule has 0 heterocycles. The van der Waals surface area contributed by atoms with Gasteiger partial charge in [0.1, 0.15) is 0 Å². The molecule has 0 N–H and O–H groups in total. The van der Waals surface area contributed by atoms with E-state index in [2.05, 4.69) is 0 Å². The predicted octanol–water partition coefficient (Wildman–Crippen LogP) is 15.2. The van der Waals surface area contributed by atoms with Gasteiger partial charge in [-0.05, 0) is 225 Å². The summed E-state index contributed by atoms with van der Waals surface area (Å²) in [7, 11) is -1.09. The van der Waals surface area contributed by atoms with Crippen molar-refractivity contribution in [3.05, 3.63) is 206 Å². The van der Waals surface area contributed by atoms with Crippen LogP contribution in [0.4, 0.5) is 0 Å². The van der Waals surface area contributed by atoms with Gasteiger partial charge < -0.3 is 0 Å². The Morgan fingerprint density at radius 1 is 0.214 bits per heavy atom. The second kappa shape index (κ2) is 25.5. The quantitative estimate of drug-likeness (QED) is 0.0894. The van der Waals surface area contributed by atoms with Crippen LogP contribution in [0, 0.1) is 125 Å². The minimum Gasteiger partial charge on any atom is -0.289 e. The van der Waals surface area contributed by atoms with Crippen molar-refractivity contribution in [2.75, 3.05) is 0 Å². The third-order valence-electron chi connectivity index (χ3n) is 14.5. The molecule has 6 aromatic rings. The maximum Gasteiger partial charge on any atom is 3.00 e. The number of hydrogen-bond acceptors (Lipinski definition) is 6. The summed E-state index contributed by atoms with van der Waals surface area (Å²) in [4.78, 5) is 75.4. The van der Waals surface area contributed by atoms with E-state index in [0.29, 0.717) is 33.4 Å². The van der Waals surface area contributed by atoms with Gasteiger partial charge in [0.25, 0.3) is 0 Å². The largest absolute Gasteiger partial charge is 3.00 e. The molecule has 0 aromatic heterocycles. The summed E-state index contributed by atoms with van der Waals surface area (Å²) < 4.78 is 0. The monoisotopic (exact) mass is 1010 g/mol. The van der Waals surface area contributed by atoms with Gasteiger partial charge in [-0.25, -0.2) is 0 Å². The second-order valence-electron chi connectivity index (χ2n) is 18.4. The van der Waals surface area contributed by atoms with Crippen molar-refractivity contribution in [2.24, 2.45) is 0 Å². The number of carbonyl (C=O) groups excluding carboxylic acids is 6. The zero-order valence-electron chi connectivity index (χ0n) is 44.5. The molecule has 0 bridgehead atoms. The average molecular weight is 1010 g/mol. The zero-order chi connectivity index (χ0) is 51.9. The predicted molar refractivity (Wildman–Crippen MR) is 301 cm³/mol. The van der Waals surface area contributed by atoms with Gasteiger partial charge in [0, 0.05) is 59.1 Å². The van der Waals surface area contributed by atoms with Gasteiger partial charge in [0.15, 0.2) is 33.1 Å². The maximum atomic E-state index is 12.6. The van der Waals surface area contributed by atoms with Gasteiger partial charge in [0.2, 0.25) is 0 Å². The first-order valence-electron chi connectivity index (χ1n) is 23.2. The van der Waals surface area contributed by atoms with Crippen LogP contribution in [0.15, 0.2) is 72.8 Å². The van der Waals surface area contributed by atoms with Crippen molar-refractivity contribution < 1.29 is 28.8 Å². The molecule has 10 heteroatoms. The van der Waals surface area contributed by atoms with Crippen molar-refractivity contribution in [1.82, 2.24) is 0 Å². The average Bonchev–Trinajstić information content (AvgIpc) is 3.29. The fourth-order valence-corrected chi connectivity index (χ4v) is 11.0. The van der Waals surface area contributed by atoms with E-state index in [9.17, 15) is 28.8 Å². The van der Waals surface area contributed by atoms with Crippen LogP contribution in [-0.2, 0) is 0 Å². The molecule has 0 atom stereocenters. The summed E-state index contributed by atoms with van der Waals surface area (Å²) in [6, 6.07) is 22.7. The van der Waals surface area contributed by atoms with E-state index in [-0.39, 0.29) is 76.2 Å². The normalized spacial score (nSPS) is 10.5. The number of rotatable bonds is 12. The summed E-state index contributed by atoms with van der Waals surface area (Å²) in [6.07, 6.45) is 0. The van der Waals surface area contributed by atoms with Crippen LogP contribution in [0.25, 0.3) is 0 Å². The minimum absolute atomic E-state index is 0. The Labute approximate surface area is 433 Å². The topological polar surface area (TPSA) is 102 Å². The molecular weight excluding hydrogens is 937 g/mol. The molecule has 0 unspecified atom stereocenters. The number of aryl methyl sites for hydroxylation is 6. The standard InChI is InChI=1S/3C20H23O2P.Al/c3*1-11-7-9-17(15(5)13(11)3)19(21)23-20(22)18-10-8-12(2)14(4)16(18)6;/h3*7-10,23H,1-6H3;/q;;;+3. The van der Waals surface area contributed by atoms with Gasteiger partial charge in [-0.2, -0.15) is 0 Å². The Bertz CT molecular complexity index is 2540. The molecule has 0 fully saturated rings. The Morgan fingerprint density at radius 3 is 0.443 bits per heavy atom. The van der Waals surface area contributed by atoms with E-state index in [4.69, 9.17) is 0 Å². The summed E-state index contributed by atoms with van der Waals surface area (Å²) in [5.41, 5.74) is 23.1. The van der Waals surface area contributed by atoms with E-state index < -0.39 is 0 Å². The molecule has 0 spiro atoms. The Hall–Kier alpha value is -4.84. The molecule has 0 aliphatic heterocycles. The van der Waals surface area contributed by atoms with Crippen LogP contribution < -0.4 is 0 Å². The fraction of sp³-hybridized carbons (Fsp3) is 0.300. The van der Waals surface area contributed by atoms with E-state index >= 15 is 0 Å². The third-order valence-corrected chi connectivity index (χ3v) is 17.5.